The Hall–Kier alpha value is -1.49. The van der Waals surface area contributed by atoms with Gasteiger partial charge in [-0.2, -0.15) is 0 Å². The molecule has 1 aromatic rings. The number of benzene rings is 1. The van der Waals surface area contributed by atoms with E-state index in [1.807, 2.05) is 16.7 Å². The molecule has 0 radical (unpaired) electrons. The number of halogens is 2. The first-order valence-corrected chi connectivity index (χ1v) is 7.00. The number of nitrogens with zero attached hydrogens (tertiary/aromatic N) is 2. The fourth-order valence-electron chi connectivity index (χ4n) is 2.32. The van der Waals surface area contributed by atoms with E-state index in [1.54, 1.807) is 6.07 Å². The molecule has 1 aliphatic rings. The number of amides is 1. The molecule has 4 nitrogen and oxygen atoms in total. The van der Waals surface area contributed by atoms with Crippen molar-refractivity contribution in [3.8, 4) is 5.75 Å². The summed E-state index contributed by atoms with van der Waals surface area (Å²) in [6, 6.07) is 3.13. The predicted molar refractivity (Wildman–Crippen MR) is 77.0 cm³/mol. The topological polar surface area (TPSA) is 32.8 Å². The van der Waals surface area contributed by atoms with Crippen LogP contribution in [0.5, 0.6) is 5.75 Å². The molecule has 1 fully saturated rings. The maximum atomic E-state index is 13.7. The molecule has 1 aromatic carbocycles. The molecule has 1 amide bonds. The van der Waals surface area contributed by atoms with Gasteiger partial charge in [-0.25, -0.2) is 4.39 Å². The van der Waals surface area contributed by atoms with Crippen molar-refractivity contribution in [2.45, 2.75) is 13.3 Å². The Morgan fingerprint density at radius 2 is 2.00 bits per heavy atom. The maximum absolute atomic E-state index is 13.7. The number of hydrogen-bond acceptors (Lipinski definition) is 3. The summed E-state index contributed by atoms with van der Waals surface area (Å²) in [4.78, 5) is 15.5. The normalized spacial score (nSPS) is 15.4. The molecular formula is C14H18ClFN2O2. The SMILES string of the molecule is CCC(=O)N1CCN(c2cc(F)c(Cl)c(OC)c2)CC1. The van der Waals surface area contributed by atoms with Gasteiger partial charge in [-0.05, 0) is 6.07 Å². The molecule has 1 saturated heterocycles. The van der Waals surface area contributed by atoms with Gasteiger partial charge in [0.15, 0.2) is 0 Å². The zero-order chi connectivity index (χ0) is 14.7. The van der Waals surface area contributed by atoms with Crippen LogP contribution >= 0.6 is 11.6 Å². The highest BCUT2D eigenvalue weighted by molar-refractivity contribution is 6.32. The molecule has 1 heterocycles. The second kappa shape index (κ2) is 6.31. The molecule has 0 bridgehead atoms. The van der Waals surface area contributed by atoms with E-state index in [4.69, 9.17) is 16.3 Å². The van der Waals surface area contributed by atoms with E-state index in [2.05, 4.69) is 0 Å². The fourth-order valence-corrected chi connectivity index (χ4v) is 2.51. The standard InChI is InChI=1S/C14H18ClFN2O2/c1-3-13(19)18-6-4-17(5-7-18)10-8-11(16)14(15)12(9-10)20-2/h8-9H,3-7H2,1-2H3. The second-order valence-electron chi connectivity index (χ2n) is 4.67. The quantitative estimate of drug-likeness (QED) is 0.860. The summed E-state index contributed by atoms with van der Waals surface area (Å²) in [5.41, 5.74) is 0.729. The van der Waals surface area contributed by atoms with Crippen molar-refractivity contribution in [3.63, 3.8) is 0 Å². The number of piperazine rings is 1. The van der Waals surface area contributed by atoms with Crippen LogP contribution in [0.15, 0.2) is 12.1 Å². The van der Waals surface area contributed by atoms with Crippen LogP contribution in [0.1, 0.15) is 13.3 Å². The van der Waals surface area contributed by atoms with Crippen LogP contribution in [0.4, 0.5) is 10.1 Å². The van der Waals surface area contributed by atoms with Crippen LogP contribution in [0.3, 0.4) is 0 Å². The molecular weight excluding hydrogens is 283 g/mol. The third kappa shape index (κ3) is 2.98. The first-order chi connectivity index (χ1) is 9.56. The highest BCUT2D eigenvalue weighted by atomic mass is 35.5. The van der Waals surface area contributed by atoms with Gasteiger partial charge in [0.05, 0.1) is 7.11 Å². The molecule has 6 heteroatoms. The van der Waals surface area contributed by atoms with Gasteiger partial charge in [0.2, 0.25) is 5.91 Å². The van der Waals surface area contributed by atoms with Crippen LogP contribution in [-0.4, -0.2) is 44.1 Å². The van der Waals surface area contributed by atoms with Gasteiger partial charge >= 0.3 is 0 Å². The summed E-state index contributed by atoms with van der Waals surface area (Å²) in [5, 5.41) is -0.00366. The summed E-state index contributed by atoms with van der Waals surface area (Å²) < 4.78 is 18.8. The Labute approximate surface area is 123 Å². The van der Waals surface area contributed by atoms with Gasteiger partial charge < -0.3 is 14.5 Å². The molecule has 1 aliphatic heterocycles. The molecule has 20 heavy (non-hydrogen) atoms. The van der Waals surface area contributed by atoms with E-state index in [9.17, 15) is 9.18 Å². The Kier molecular flexibility index (Phi) is 4.70. The van der Waals surface area contributed by atoms with Gasteiger partial charge in [0, 0.05) is 44.4 Å². The van der Waals surface area contributed by atoms with E-state index >= 15 is 0 Å². The zero-order valence-corrected chi connectivity index (χ0v) is 12.4. The summed E-state index contributed by atoms with van der Waals surface area (Å²) in [5.74, 6) is -0.00803. The summed E-state index contributed by atoms with van der Waals surface area (Å²) in [7, 11) is 1.46. The lowest BCUT2D eigenvalue weighted by atomic mass is 10.2. The van der Waals surface area contributed by atoms with Crippen LogP contribution < -0.4 is 9.64 Å². The van der Waals surface area contributed by atoms with Crippen molar-refractivity contribution < 1.29 is 13.9 Å². The lowest BCUT2D eigenvalue weighted by molar-refractivity contribution is -0.131. The summed E-state index contributed by atoms with van der Waals surface area (Å²) >= 11 is 5.82. The molecule has 0 unspecified atom stereocenters. The van der Waals surface area contributed by atoms with Gasteiger partial charge in [-0.15, -0.1) is 0 Å². The number of ether oxygens (including phenoxy) is 1. The van der Waals surface area contributed by atoms with Crippen molar-refractivity contribution in [2.75, 3.05) is 38.2 Å². The van der Waals surface area contributed by atoms with E-state index in [1.165, 1.54) is 13.2 Å². The number of carbonyl (C=O) groups excluding carboxylic acids is 1. The molecule has 110 valence electrons. The summed E-state index contributed by atoms with van der Waals surface area (Å²) in [6.45, 7) is 4.51. The fraction of sp³-hybridized carbons (Fsp3) is 0.500. The Balaban J connectivity index is 2.11. The maximum Gasteiger partial charge on any atom is 0.222 e. The monoisotopic (exact) mass is 300 g/mol. The van der Waals surface area contributed by atoms with E-state index < -0.39 is 5.82 Å². The molecule has 2 rings (SSSR count). The minimum atomic E-state index is -0.493. The molecule has 0 N–H and O–H groups in total. The van der Waals surface area contributed by atoms with Crippen molar-refractivity contribution in [3.05, 3.63) is 23.0 Å². The number of anilines is 1. The third-order valence-electron chi connectivity index (χ3n) is 3.50. The van der Waals surface area contributed by atoms with E-state index in [0.29, 0.717) is 38.3 Å². The lowest BCUT2D eigenvalue weighted by Gasteiger charge is -2.36. The van der Waals surface area contributed by atoms with Crippen LogP contribution in [0.2, 0.25) is 5.02 Å². The second-order valence-corrected chi connectivity index (χ2v) is 5.04. The van der Waals surface area contributed by atoms with Gasteiger partial charge in [0.1, 0.15) is 16.6 Å². The van der Waals surface area contributed by atoms with Crippen LogP contribution in [-0.2, 0) is 4.79 Å². The summed E-state index contributed by atoms with van der Waals surface area (Å²) in [6.07, 6.45) is 0.517. The van der Waals surface area contributed by atoms with Gasteiger partial charge in [-0.3, -0.25) is 4.79 Å². The average Bonchev–Trinajstić information content (AvgIpc) is 2.49. The Morgan fingerprint density at radius 3 is 2.55 bits per heavy atom. The smallest absolute Gasteiger partial charge is 0.222 e. The van der Waals surface area contributed by atoms with Crippen molar-refractivity contribution in [1.82, 2.24) is 4.90 Å². The highest BCUT2D eigenvalue weighted by Crippen LogP contribution is 2.32. The largest absolute Gasteiger partial charge is 0.495 e. The van der Waals surface area contributed by atoms with E-state index in [-0.39, 0.29) is 10.9 Å². The van der Waals surface area contributed by atoms with Crippen molar-refractivity contribution in [1.29, 1.82) is 0 Å². The highest BCUT2D eigenvalue weighted by Gasteiger charge is 2.21. The number of rotatable bonds is 3. The molecule has 0 aromatic heterocycles. The van der Waals surface area contributed by atoms with Gasteiger partial charge in [0.25, 0.3) is 0 Å². The molecule has 0 atom stereocenters. The number of hydrogen-bond donors (Lipinski definition) is 0. The minimum absolute atomic E-state index is 0.00366. The zero-order valence-electron chi connectivity index (χ0n) is 11.7. The molecule has 0 aliphatic carbocycles. The minimum Gasteiger partial charge on any atom is -0.495 e. The molecule has 0 spiro atoms. The number of carbonyl (C=O) groups is 1. The van der Waals surface area contributed by atoms with Crippen LogP contribution in [0, 0.1) is 5.82 Å². The Morgan fingerprint density at radius 1 is 1.35 bits per heavy atom. The first-order valence-electron chi connectivity index (χ1n) is 6.62. The predicted octanol–water partition coefficient (Wildman–Crippen LogP) is 2.55. The first kappa shape index (κ1) is 14.9. The number of methoxy groups -OCH3 is 1. The average molecular weight is 301 g/mol. The lowest BCUT2D eigenvalue weighted by Crippen LogP contribution is -2.48. The van der Waals surface area contributed by atoms with Gasteiger partial charge in [-0.1, -0.05) is 18.5 Å². The van der Waals surface area contributed by atoms with Crippen molar-refractivity contribution >= 4 is 23.2 Å². The van der Waals surface area contributed by atoms with Crippen molar-refractivity contribution in [2.24, 2.45) is 0 Å². The molecule has 0 saturated carbocycles. The van der Waals surface area contributed by atoms with Crippen LogP contribution in [0.25, 0.3) is 0 Å². The van der Waals surface area contributed by atoms with E-state index in [0.717, 1.165) is 5.69 Å². The third-order valence-corrected chi connectivity index (χ3v) is 3.87. The Bertz CT molecular complexity index is 502.